The number of nitrogens with zero attached hydrogens (tertiary/aromatic N) is 2. The highest BCUT2D eigenvalue weighted by molar-refractivity contribution is 5.94. The Hall–Kier alpha value is -2.52. The number of hydrogen-bond acceptors (Lipinski definition) is 6. The fourth-order valence-corrected chi connectivity index (χ4v) is 2.63. The van der Waals surface area contributed by atoms with Crippen LogP contribution < -0.4 is 5.32 Å². The normalized spacial score (nSPS) is 15.6. The van der Waals surface area contributed by atoms with Gasteiger partial charge >= 0.3 is 18.3 Å². The van der Waals surface area contributed by atoms with Crippen LogP contribution in [0.3, 0.4) is 0 Å². The van der Waals surface area contributed by atoms with Crippen molar-refractivity contribution >= 4 is 24.2 Å². The molecule has 10 nitrogen and oxygen atoms in total. The predicted molar refractivity (Wildman–Crippen MR) is 99.9 cm³/mol. The lowest BCUT2D eigenvalue weighted by molar-refractivity contribution is -0.132. The van der Waals surface area contributed by atoms with Crippen LogP contribution in [0.5, 0.6) is 0 Å². The molecule has 0 aliphatic carbocycles. The highest BCUT2D eigenvalue weighted by atomic mass is 16.6. The largest absolute Gasteiger partial charge is 0.465 e. The van der Waals surface area contributed by atoms with Crippen LogP contribution in [0.4, 0.5) is 14.4 Å². The predicted octanol–water partition coefficient (Wildman–Crippen LogP) is 2.42. The molecule has 1 fully saturated rings. The summed E-state index contributed by atoms with van der Waals surface area (Å²) >= 11 is 0. The molecule has 1 heterocycles. The Kier molecular flexibility index (Phi) is 7.66. The summed E-state index contributed by atoms with van der Waals surface area (Å²) in [4.78, 5) is 50.3. The summed E-state index contributed by atoms with van der Waals surface area (Å²) in [5, 5.41) is 11.4. The van der Waals surface area contributed by atoms with E-state index in [-0.39, 0.29) is 13.1 Å². The third kappa shape index (κ3) is 8.01. The number of alkyl carbamates (subject to hydrolysis) is 1. The number of nitrogens with one attached hydrogen (secondary N) is 1. The zero-order chi connectivity index (χ0) is 21.7. The Bertz CT molecular complexity index is 599. The van der Waals surface area contributed by atoms with Gasteiger partial charge in [0.15, 0.2) is 0 Å². The molecule has 1 saturated heterocycles. The SMILES string of the molecule is CC(C)(C)OC(=O)NCC(=O)N(C(=O)OC(C)(C)C)C1CCN(C(=O)O)CC1. The third-order valence-electron chi connectivity index (χ3n) is 3.74. The van der Waals surface area contributed by atoms with Crippen LogP contribution in [-0.2, 0) is 14.3 Å². The molecular weight excluding hydrogens is 370 g/mol. The molecule has 0 radical (unpaired) electrons. The lowest BCUT2D eigenvalue weighted by Crippen LogP contribution is -2.54. The minimum atomic E-state index is -1.04. The number of rotatable bonds is 3. The maximum Gasteiger partial charge on any atom is 0.417 e. The van der Waals surface area contributed by atoms with Crippen molar-refractivity contribution in [3.8, 4) is 0 Å². The molecule has 2 N–H and O–H groups in total. The molecule has 0 saturated carbocycles. The number of piperidine rings is 1. The van der Waals surface area contributed by atoms with Gasteiger partial charge in [-0.3, -0.25) is 4.79 Å². The molecule has 0 aromatic heterocycles. The number of hydrogen-bond donors (Lipinski definition) is 2. The van der Waals surface area contributed by atoms with Crippen molar-refractivity contribution in [3.63, 3.8) is 0 Å². The Labute approximate surface area is 165 Å². The molecule has 0 atom stereocenters. The van der Waals surface area contributed by atoms with Gasteiger partial charge in [0.25, 0.3) is 5.91 Å². The molecule has 0 aromatic rings. The minimum Gasteiger partial charge on any atom is -0.465 e. The fourth-order valence-electron chi connectivity index (χ4n) is 2.63. The average Bonchev–Trinajstić information content (AvgIpc) is 2.50. The van der Waals surface area contributed by atoms with E-state index >= 15 is 0 Å². The van der Waals surface area contributed by atoms with E-state index in [0.29, 0.717) is 12.8 Å². The Morgan fingerprint density at radius 3 is 1.93 bits per heavy atom. The van der Waals surface area contributed by atoms with Gasteiger partial charge in [0, 0.05) is 19.1 Å². The van der Waals surface area contributed by atoms with Crippen LogP contribution in [0.25, 0.3) is 0 Å². The summed E-state index contributed by atoms with van der Waals surface area (Å²) in [6, 6.07) is -0.515. The van der Waals surface area contributed by atoms with Gasteiger partial charge in [-0.15, -0.1) is 0 Å². The second kappa shape index (κ2) is 9.11. The average molecular weight is 401 g/mol. The standard InChI is InChI=1S/C18H31N3O7/c1-17(2,3)27-14(23)19-11-13(22)21(16(26)28-18(4,5)6)12-7-9-20(10-8-12)15(24)25/h12H,7-11H2,1-6H3,(H,19,23)(H,24,25). The van der Waals surface area contributed by atoms with Gasteiger partial charge in [-0.05, 0) is 54.4 Å². The Morgan fingerprint density at radius 1 is 1.00 bits per heavy atom. The summed E-state index contributed by atoms with van der Waals surface area (Å²) in [7, 11) is 0. The van der Waals surface area contributed by atoms with Gasteiger partial charge in [-0.1, -0.05) is 0 Å². The molecule has 1 rings (SSSR count). The van der Waals surface area contributed by atoms with Crippen LogP contribution in [0.2, 0.25) is 0 Å². The van der Waals surface area contributed by atoms with Crippen LogP contribution >= 0.6 is 0 Å². The lowest BCUT2D eigenvalue weighted by Gasteiger charge is -2.37. The zero-order valence-electron chi connectivity index (χ0n) is 17.4. The van der Waals surface area contributed by atoms with Crippen molar-refractivity contribution in [2.75, 3.05) is 19.6 Å². The van der Waals surface area contributed by atoms with E-state index in [1.165, 1.54) is 4.90 Å². The monoisotopic (exact) mass is 401 g/mol. The number of carboxylic acid groups (broad SMARTS) is 1. The molecule has 0 aromatic carbocycles. The van der Waals surface area contributed by atoms with Crippen LogP contribution in [0, 0.1) is 0 Å². The minimum absolute atomic E-state index is 0.200. The van der Waals surface area contributed by atoms with Crippen molar-refractivity contribution in [2.45, 2.75) is 71.6 Å². The van der Waals surface area contributed by atoms with Gasteiger partial charge < -0.3 is 24.8 Å². The van der Waals surface area contributed by atoms with E-state index in [1.807, 2.05) is 0 Å². The summed E-state index contributed by atoms with van der Waals surface area (Å²) in [6.45, 7) is 10.1. The number of likely N-dealkylation sites (tertiary alicyclic amines) is 1. The summed E-state index contributed by atoms with van der Waals surface area (Å²) in [6.07, 6.45) is -2.05. The highest BCUT2D eigenvalue weighted by Crippen LogP contribution is 2.20. The quantitative estimate of drug-likeness (QED) is 0.744. The summed E-state index contributed by atoms with van der Waals surface area (Å²) in [5.41, 5.74) is -1.53. The molecule has 28 heavy (non-hydrogen) atoms. The van der Waals surface area contributed by atoms with Crippen molar-refractivity contribution in [1.82, 2.24) is 15.1 Å². The van der Waals surface area contributed by atoms with Crippen LogP contribution in [-0.4, -0.2) is 76.0 Å². The first-order valence-corrected chi connectivity index (χ1v) is 9.19. The molecular formula is C18H31N3O7. The maximum atomic E-state index is 12.7. The summed E-state index contributed by atoms with van der Waals surface area (Å²) in [5.74, 6) is -0.645. The topological polar surface area (TPSA) is 125 Å². The number of carbonyl (C=O) groups is 4. The maximum absolute atomic E-state index is 12.7. The van der Waals surface area contributed by atoms with Crippen molar-refractivity contribution in [2.24, 2.45) is 0 Å². The fraction of sp³-hybridized carbons (Fsp3) is 0.778. The molecule has 1 aliphatic rings. The highest BCUT2D eigenvalue weighted by Gasteiger charge is 2.36. The van der Waals surface area contributed by atoms with Gasteiger partial charge in [0.05, 0.1) is 0 Å². The number of ether oxygens (including phenoxy) is 2. The first-order chi connectivity index (χ1) is 12.7. The zero-order valence-corrected chi connectivity index (χ0v) is 17.4. The first kappa shape index (κ1) is 23.5. The number of carbonyl (C=O) groups excluding carboxylic acids is 3. The lowest BCUT2D eigenvalue weighted by atomic mass is 10.0. The van der Waals surface area contributed by atoms with E-state index < -0.39 is 48.0 Å². The van der Waals surface area contributed by atoms with Gasteiger partial charge in [-0.25, -0.2) is 19.3 Å². The van der Waals surface area contributed by atoms with Crippen molar-refractivity contribution in [3.05, 3.63) is 0 Å². The Balaban J connectivity index is 2.83. The van der Waals surface area contributed by atoms with E-state index in [9.17, 15) is 19.2 Å². The van der Waals surface area contributed by atoms with E-state index in [2.05, 4.69) is 5.32 Å². The van der Waals surface area contributed by atoms with Gasteiger partial charge in [0.1, 0.15) is 17.7 Å². The van der Waals surface area contributed by atoms with E-state index in [1.54, 1.807) is 41.5 Å². The van der Waals surface area contributed by atoms with Crippen LogP contribution in [0.1, 0.15) is 54.4 Å². The number of imide groups is 1. The number of amides is 4. The van der Waals surface area contributed by atoms with Crippen molar-refractivity contribution in [1.29, 1.82) is 0 Å². The molecule has 0 unspecified atom stereocenters. The second-order valence-corrected chi connectivity index (χ2v) is 8.60. The molecule has 1 aliphatic heterocycles. The Morgan fingerprint density at radius 2 is 1.50 bits per heavy atom. The van der Waals surface area contributed by atoms with Crippen LogP contribution in [0.15, 0.2) is 0 Å². The van der Waals surface area contributed by atoms with E-state index in [0.717, 1.165) is 4.90 Å². The van der Waals surface area contributed by atoms with Gasteiger partial charge in [0.2, 0.25) is 0 Å². The van der Waals surface area contributed by atoms with Crippen molar-refractivity contribution < 1.29 is 33.8 Å². The smallest absolute Gasteiger partial charge is 0.417 e. The molecule has 160 valence electrons. The second-order valence-electron chi connectivity index (χ2n) is 8.60. The third-order valence-corrected chi connectivity index (χ3v) is 3.74. The van der Waals surface area contributed by atoms with Gasteiger partial charge in [-0.2, -0.15) is 0 Å². The molecule has 0 spiro atoms. The summed E-state index contributed by atoms with van der Waals surface area (Å²) < 4.78 is 10.4. The molecule has 4 amide bonds. The molecule has 10 heteroatoms. The van der Waals surface area contributed by atoms with E-state index in [4.69, 9.17) is 14.6 Å². The molecule has 0 bridgehead atoms. The first-order valence-electron chi connectivity index (χ1n) is 9.19.